The lowest BCUT2D eigenvalue weighted by atomic mass is 10.1. The fourth-order valence-electron chi connectivity index (χ4n) is 2.94. The number of hydrogen-bond donors (Lipinski definition) is 1. The third-order valence-electron chi connectivity index (χ3n) is 4.15. The Morgan fingerprint density at radius 3 is 2.91 bits per heavy atom. The first-order valence-electron chi connectivity index (χ1n) is 7.64. The number of pyridine rings is 1. The van der Waals surface area contributed by atoms with E-state index in [0.717, 1.165) is 40.7 Å². The Hall–Kier alpha value is -2.40. The van der Waals surface area contributed by atoms with Crippen LogP contribution in [0.4, 0.5) is 5.69 Å². The van der Waals surface area contributed by atoms with Crippen LogP contribution in [0.1, 0.15) is 32.9 Å². The molecule has 2 heterocycles. The standard InChI is InChI=1S/C18H16N2O2S/c19-15-13-9-12-7-4-8-14(12)20-17(13)23-16(15)18(21)22-10-11-5-2-1-3-6-11/h1-3,5-6,9H,4,7-8,10,19H2. The zero-order chi connectivity index (χ0) is 15.8. The summed E-state index contributed by atoms with van der Waals surface area (Å²) in [6, 6.07) is 11.7. The Morgan fingerprint density at radius 2 is 2.09 bits per heavy atom. The second-order valence-electron chi connectivity index (χ2n) is 5.71. The highest BCUT2D eigenvalue weighted by atomic mass is 32.1. The molecular formula is C18H16N2O2S. The second kappa shape index (κ2) is 5.66. The van der Waals surface area contributed by atoms with Crippen molar-refractivity contribution in [2.45, 2.75) is 25.9 Å². The Bertz CT molecular complexity index is 887. The molecule has 0 fully saturated rings. The summed E-state index contributed by atoms with van der Waals surface area (Å²) in [5, 5.41) is 0.877. The number of aromatic nitrogens is 1. The lowest BCUT2D eigenvalue weighted by Gasteiger charge is -2.04. The summed E-state index contributed by atoms with van der Waals surface area (Å²) >= 11 is 1.32. The number of aryl methyl sites for hydroxylation is 2. The van der Waals surface area contributed by atoms with Crippen molar-refractivity contribution >= 4 is 33.2 Å². The number of nitrogens with two attached hydrogens (primary N) is 1. The summed E-state index contributed by atoms with van der Waals surface area (Å²) in [5.74, 6) is -0.380. The first-order chi connectivity index (χ1) is 11.2. The first kappa shape index (κ1) is 14.2. The zero-order valence-electron chi connectivity index (χ0n) is 12.5. The Labute approximate surface area is 137 Å². The topological polar surface area (TPSA) is 65.2 Å². The molecule has 3 aromatic rings. The van der Waals surface area contributed by atoms with Gasteiger partial charge in [0.25, 0.3) is 0 Å². The maximum atomic E-state index is 12.3. The Kier molecular flexibility index (Phi) is 3.50. The smallest absolute Gasteiger partial charge is 0.350 e. The molecule has 0 saturated heterocycles. The monoisotopic (exact) mass is 324 g/mol. The van der Waals surface area contributed by atoms with Gasteiger partial charge in [-0.05, 0) is 36.5 Å². The number of hydrogen-bond acceptors (Lipinski definition) is 5. The van der Waals surface area contributed by atoms with Gasteiger partial charge in [-0.15, -0.1) is 11.3 Å². The van der Waals surface area contributed by atoms with Gasteiger partial charge in [-0.3, -0.25) is 0 Å². The van der Waals surface area contributed by atoms with E-state index in [2.05, 4.69) is 11.1 Å². The largest absolute Gasteiger partial charge is 0.457 e. The molecule has 0 unspecified atom stereocenters. The maximum Gasteiger partial charge on any atom is 0.350 e. The van der Waals surface area contributed by atoms with E-state index in [0.29, 0.717) is 10.6 Å². The molecule has 1 aliphatic carbocycles. The van der Waals surface area contributed by atoms with Crippen molar-refractivity contribution in [3.05, 3.63) is 58.1 Å². The van der Waals surface area contributed by atoms with Crippen LogP contribution in [0.2, 0.25) is 0 Å². The summed E-state index contributed by atoms with van der Waals surface area (Å²) in [6.45, 7) is 0.247. The van der Waals surface area contributed by atoms with Crippen molar-refractivity contribution in [2.24, 2.45) is 0 Å². The van der Waals surface area contributed by atoms with Gasteiger partial charge in [-0.2, -0.15) is 0 Å². The van der Waals surface area contributed by atoms with Gasteiger partial charge in [0, 0.05) is 11.1 Å². The van der Waals surface area contributed by atoms with Crippen LogP contribution < -0.4 is 5.73 Å². The number of carbonyl (C=O) groups excluding carboxylic acids is 1. The van der Waals surface area contributed by atoms with Crippen LogP contribution in [0, 0.1) is 0 Å². The molecule has 4 rings (SSSR count). The van der Waals surface area contributed by atoms with Gasteiger partial charge in [0.1, 0.15) is 16.3 Å². The number of nitrogens with zero attached hydrogens (tertiary/aromatic N) is 1. The highest BCUT2D eigenvalue weighted by Gasteiger charge is 2.21. The van der Waals surface area contributed by atoms with E-state index >= 15 is 0 Å². The van der Waals surface area contributed by atoms with Crippen molar-refractivity contribution in [1.82, 2.24) is 4.98 Å². The number of benzene rings is 1. The average molecular weight is 324 g/mol. The number of thiophene rings is 1. The summed E-state index contributed by atoms with van der Waals surface area (Å²) in [6.07, 6.45) is 3.20. The maximum absolute atomic E-state index is 12.3. The minimum atomic E-state index is -0.380. The molecule has 2 N–H and O–H groups in total. The van der Waals surface area contributed by atoms with Crippen LogP contribution in [0.15, 0.2) is 36.4 Å². The van der Waals surface area contributed by atoms with Crippen molar-refractivity contribution < 1.29 is 9.53 Å². The molecule has 1 aromatic carbocycles. The molecule has 5 heteroatoms. The Balaban J connectivity index is 1.61. The molecule has 0 radical (unpaired) electrons. The predicted octanol–water partition coefficient (Wildman–Crippen LogP) is 3.72. The molecule has 1 aliphatic rings. The fourth-order valence-corrected chi connectivity index (χ4v) is 3.93. The molecular weight excluding hydrogens is 308 g/mol. The van der Waals surface area contributed by atoms with Crippen molar-refractivity contribution in [2.75, 3.05) is 5.73 Å². The van der Waals surface area contributed by atoms with Gasteiger partial charge < -0.3 is 10.5 Å². The minimum Gasteiger partial charge on any atom is -0.457 e. The van der Waals surface area contributed by atoms with Gasteiger partial charge >= 0.3 is 5.97 Å². The fraction of sp³-hybridized carbons (Fsp3) is 0.222. The van der Waals surface area contributed by atoms with Gasteiger partial charge in [0.2, 0.25) is 0 Å². The number of rotatable bonds is 3. The van der Waals surface area contributed by atoms with E-state index in [1.807, 2.05) is 30.3 Å². The quantitative estimate of drug-likeness (QED) is 0.746. The summed E-state index contributed by atoms with van der Waals surface area (Å²) in [4.78, 5) is 18.3. The van der Waals surface area contributed by atoms with Gasteiger partial charge in [0.15, 0.2) is 0 Å². The summed E-state index contributed by atoms with van der Waals surface area (Å²) < 4.78 is 5.39. The third-order valence-corrected chi connectivity index (χ3v) is 5.24. The highest BCUT2D eigenvalue weighted by molar-refractivity contribution is 7.21. The van der Waals surface area contributed by atoms with Crippen molar-refractivity contribution in [3.8, 4) is 0 Å². The second-order valence-corrected chi connectivity index (χ2v) is 6.71. The first-order valence-corrected chi connectivity index (χ1v) is 8.46. The number of carbonyl (C=O) groups is 1. The van der Waals surface area contributed by atoms with E-state index in [4.69, 9.17) is 10.5 Å². The molecule has 0 atom stereocenters. The molecule has 0 spiro atoms. The lowest BCUT2D eigenvalue weighted by Crippen LogP contribution is -2.05. The number of fused-ring (bicyclic) bond motifs is 2. The highest BCUT2D eigenvalue weighted by Crippen LogP contribution is 2.36. The molecule has 23 heavy (non-hydrogen) atoms. The van der Waals surface area contributed by atoms with E-state index in [9.17, 15) is 4.79 Å². The van der Waals surface area contributed by atoms with Crippen LogP contribution in [-0.2, 0) is 24.2 Å². The normalized spacial score (nSPS) is 13.2. The molecule has 2 aromatic heterocycles. The number of anilines is 1. The summed E-state index contributed by atoms with van der Waals surface area (Å²) in [5.41, 5.74) is 10.0. The zero-order valence-corrected chi connectivity index (χ0v) is 13.4. The van der Waals surface area contributed by atoms with Crippen LogP contribution in [-0.4, -0.2) is 11.0 Å². The number of nitrogen functional groups attached to an aromatic ring is 1. The van der Waals surface area contributed by atoms with Crippen molar-refractivity contribution in [3.63, 3.8) is 0 Å². The van der Waals surface area contributed by atoms with Gasteiger partial charge in [-0.1, -0.05) is 30.3 Å². The van der Waals surface area contributed by atoms with Gasteiger partial charge in [-0.25, -0.2) is 9.78 Å². The molecule has 0 amide bonds. The molecule has 0 aliphatic heterocycles. The van der Waals surface area contributed by atoms with Crippen molar-refractivity contribution in [1.29, 1.82) is 0 Å². The van der Waals surface area contributed by atoms with E-state index in [1.165, 1.54) is 16.9 Å². The third kappa shape index (κ3) is 2.57. The van der Waals surface area contributed by atoms with Crippen LogP contribution >= 0.6 is 11.3 Å². The number of esters is 1. The van der Waals surface area contributed by atoms with Crippen LogP contribution in [0.25, 0.3) is 10.2 Å². The summed E-state index contributed by atoms with van der Waals surface area (Å²) in [7, 11) is 0. The lowest BCUT2D eigenvalue weighted by molar-refractivity contribution is 0.0480. The SMILES string of the molecule is Nc1c(C(=O)OCc2ccccc2)sc2nc3c(cc12)CCC3. The molecule has 4 nitrogen and oxygen atoms in total. The average Bonchev–Trinajstić information content (AvgIpc) is 3.16. The van der Waals surface area contributed by atoms with E-state index < -0.39 is 0 Å². The molecule has 0 bridgehead atoms. The molecule has 116 valence electrons. The van der Waals surface area contributed by atoms with E-state index in [-0.39, 0.29) is 12.6 Å². The Morgan fingerprint density at radius 1 is 1.26 bits per heavy atom. The van der Waals surface area contributed by atoms with E-state index in [1.54, 1.807) is 0 Å². The number of ether oxygens (including phenoxy) is 1. The van der Waals surface area contributed by atoms with Crippen LogP contribution in [0.5, 0.6) is 0 Å². The molecule has 0 saturated carbocycles. The minimum absolute atomic E-state index is 0.247. The van der Waals surface area contributed by atoms with Gasteiger partial charge in [0.05, 0.1) is 5.69 Å². The van der Waals surface area contributed by atoms with Crippen LogP contribution in [0.3, 0.4) is 0 Å². The predicted molar refractivity (Wildman–Crippen MR) is 91.6 cm³/mol.